The van der Waals surface area contributed by atoms with Crippen LogP contribution in [-0.2, 0) is 0 Å². The maximum atomic E-state index is 12.9. The minimum Gasteiger partial charge on any atom is -0.486 e. The molecular formula is C22H25NO3S2. The van der Waals surface area contributed by atoms with Crippen LogP contribution in [0.5, 0.6) is 11.5 Å². The molecule has 2 aliphatic heterocycles. The first-order chi connectivity index (χ1) is 13.6. The van der Waals surface area contributed by atoms with Crippen molar-refractivity contribution < 1.29 is 14.3 Å². The Morgan fingerprint density at radius 3 is 2.36 bits per heavy atom. The lowest BCUT2D eigenvalue weighted by Crippen LogP contribution is -2.32. The zero-order valence-corrected chi connectivity index (χ0v) is 17.8. The maximum Gasteiger partial charge on any atom is 0.251 e. The van der Waals surface area contributed by atoms with Crippen LogP contribution < -0.4 is 14.8 Å². The van der Waals surface area contributed by atoms with Crippen LogP contribution in [-0.4, -0.2) is 30.6 Å². The van der Waals surface area contributed by atoms with Crippen LogP contribution in [0.15, 0.2) is 42.5 Å². The van der Waals surface area contributed by atoms with E-state index in [9.17, 15) is 4.79 Å². The summed E-state index contributed by atoms with van der Waals surface area (Å²) in [6.45, 7) is 5.35. The first-order valence-corrected chi connectivity index (χ1v) is 11.7. The summed E-state index contributed by atoms with van der Waals surface area (Å²) < 4.78 is 11.8. The SMILES string of the molecule is CC(C)[C@H](NC(=O)c1ccc(C2SCCS2)cc1)c1ccc2c(c1)OCCO2. The molecule has 4 rings (SSSR count). The Kier molecular flexibility index (Phi) is 6.07. The van der Waals surface area contributed by atoms with E-state index in [0.717, 1.165) is 17.1 Å². The summed E-state index contributed by atoms with van der Waals surface area (Å²) in [6, 6.07) is 13.9. The molecule has 0 unspecified atom stereocenters. The topological polar surface area (TPSA) is 47.6 Å². The summed E-state index contributed by atoms with van der Waals surface area (Å²) in [5.74, 6) is 4.11. The Labute approximate surface area is 174 Å². The van der Waals surface area contributed by atoms with Crippen LogP contribution in [0.4, 0.5) is 0 Å². The molecule has 0 aliphatic carbocycles. The van der Waals surface area contributed by atoms with Gasteiger partial charge in [-0.3, -0.25) is 4.79 Å². The number of amides is 1. The molecule has 2 aliphatic rings. The Bertz CT molecular complexity index is 832. The largest absolute Gasteiger partial charge is 0.486 e. The van der Waals surface area contributed by atoms with Gasteiger partial charge in [-0.1, -0.05) is 32.0 Å². The summed E-state index contributed by atoms with van der Waals surface area (Å²) in [5.41, 5.74) is 3.01. The van der Waals surface area contributed by atoms with E-state index in [2.05, 4.69) is 31.3 Å². The smallest absolute Gasteiger partial charge is 0.251 e. The van der Waals surface area contributed by atoms with Gasteiger partial charge in [-0.2, -0.15) is 0 Å². The average molecular weight is 416 g/mol. The quantitative estimate of drug-likeness (QED) is 0.739. The van der Waals surface area contributed by atoms with Crippen LogP contribution >= 0.6 is 23.5 Å². The Hall–Kier alpha value is -1.79. The number of fused-ring (bicyclic) bond motifs is 1. The number of nitrogens with one attached hydrogen (secondary N) is 1. The number of carbonyl (C=O) groups excluding carboxylic acids is 1. The van der Waals surface area contributed by atoms with E-state index in [1.54, 1.807) is 0 Å². The summed E-state index contributed by atoms with van der Waals surface area (Å²) in [7, 11) is 0. The van der Waals surface area contributed by atoms with Gasteiger partial charge in [0.2, 0.25) is 0 Å². The maximum absolute atomic E-state index is 12.9. The number of hydrogen-bond acceptors (Lipinski definition) is 5. The lowest BCUT2D eigenvalue weighted by molar-refractivity contribution is 0.0925. The molecule has 0 saturated carbocycles. The molecule has 2 aromatic rings. The molecule has 1 saturated heterocycles. The fourth-order valence-electron chi connectivity index (χ4n) is 3.46. The highest BCUT2D eigenvalue weighted by molar-refractivity contribution is 8.19. The van der Waals surface area contributed by atoms with Gasteiger partial charge in [-0.05, 0) is 41.3 Å². The lowest BCUT2D eigenvalue weighted by atomic mass is 9.95. The summed E-state index contributed by atoms with van der Waals surface area (Å²) in [6.07, 6.45) is 0. The second kappa shape index (κ2) is 8.70. The van der Waals surface area contributed by atoms with E-state index in [1.807, 2.05) is 53.9 Å². The summed E-state index contributed by atoms with van der Waals surface area (Å²) in [4.78, 5) is 12.9. The van der Waals surface area contributed by atoms with E-state index in [1.165, 1.54) is 17.1 Å². The Morgan fingerprint density at radius 2 is 1.68 bits per heavy atom. The van der Waals surface area contributed by atoms with Crippen LogP contribution in [0.2, 0.25) is 0 Å². The summed E-state index contributed by atoms with van der Waals surface area (Å²) >= 11 is 3.95. The number of ether oxygens (including phenoxy) is 2. The van der Waals surface area contributed by atoms with E-state index in [0.29, 0.717) is 23.4 Å². The van der Waals surface area contributed by atoms with E-state index >= 15 is 0 Å². The third-order valence-electron chi connectivity index (χ3n) is 4.95. The van der Waals surface area contributed by atoms with Gasteiger partial charge in [0.15, 0.2) is 11.5 Å². The van der Waals surface area contributed by atoms with Crippen molar-refractivity contribution in [3.05, 3.63) is 59.2 Å². The molecule has 0 bridgehead atoms. The second-order valence-corrected chi connectivity index (χ2v) is 10.0. The van der Waals surface area contributed by atoms with Crippen LogP contribution in [0.1, 0.15) is 46.0 Å². The number of rotatable bonds is 5. The van der Waals surface area contributed by atoms with Gasteiger partial charge in [0, 0.05) is 17.1 Å². The molecular weight excluding hydrogens is 390 g/mol. The molecule has 0 aromatic heterocycles. The molecule has 4 nitrogen and oxygen atoms in total. The van der Waals surface area contributed by atoms with Gasteiger partial charge in [0.25, 0.3) is 5.91 Å². The van der Waals surface area contributed by atoms with Crippen molar-refractivity contribution in [2.45, 2.75) is 24.5 Å². The normalized spacial score (nSPS) is 17.5. The monoisotopic (exact) mass is 415 g/mol. The van der Waals surface area contributed by atoms with Crippen molar-refractivity contribution >= 4 is 29.4 Å². The van der Waals surface area contributed by atoms with E-state index in [-0.39, 0.29) is 17.9 Å². The van der Waals surface area contributed by atoms with Crippen LogP contribution in [0.3, 0.4) is 0 Å². The Morgan fingerprint density at radius 1 is 1.00 bits per heavy atom. The van der Waals surface area contributed by atoms with Gasteiger partial charge in [0.05, 0.1) is 10.6 Å². The first kappa shape index (κ1) is 19.5. The first-order valence-electron chi connectivity index (χ1n) is 9.65. The van der Waals surface area contributed by atoms with Crippen molar-refractivity contribution in [3.8, 4) is 11.5 Å². The predicted octanol–water partition coefficient (Wildman–Crippen LogP) is 5.06. The predicted molar refractivity (Wildman–Crippen MR) is 117 cm³/mol. The standard InChI is InChI=1S/C22H25NO3S2/c1-14(2)20(17-7-8-18-19(13-17)26-10-9-25-18)23-21(24)15-3-5-16(6-4-15)22-27-11-12-28-22/h3-8,13-14,20,22H,9-12H2,1-2H3,(H,23,24)/t20-/m0/s1. The zero-order chi connectivity index (χ0) is 19.5. The number of thioether (sulfide) groups is 2. The molecule has 2 heterocycles. The highest BCUT2D eigenvalue weighted by atomic mass is 32.2. The van der Waals surface area contributed by atoms with Gasteiger partial charge in [0.1, 0.15) is 13.2 Å². The molecule has 28 heavy (non-hydrogen) atoms. The Balaban J connectivity index is 1.49. The van der Waals surface area contributed by atoms with Crippen molar-refractivity contribution in [1.82, 2.24) is 5.32 Å². The highest BCUT2D eigenvalue weighted by Crippen LogP contribution is 2.45. The fraction of sp³-hybridized carbons (Fsp3) is 0.409. The van der Waals surface area contributed by atoms with Crippen molar-refractivity contribution in [3.63, 3.8) is 0 Å². The molecule has 6 heteroatoms. The molecule has 2 aromatic carbocycles. The molecule has 148 valence electrons. The third-order valence-corrected chi connectivity index (χ3v) is 8.05. The highest BCUT2D eigenvalue weighted by Gasteiger charge is 2.23. The zero-order valence-electron chi connectivity index (χ0n) is 16.1. The van der Waals surface area contributed by atoms with Crippen LogP contribution in [0, 0.1) is 5.92 Å². The number of benzene rings is 2. The molecule has 0 radical (unpaired) electrons. The summed E-state index contributed by atoms with van der Waals surface area (Å²) in [5, 5.41) is 3.20. The van der Waals surface area contributed by atoms with Gasteiger partial charge < -0.3 is 14.8 Å². The van der Waals surface area contributed by atoms with Gasteiger partial charge in [-0.25, -0.2) is 0 Å². The minimum atomic E-state index is -0.0936. The molecule has 1 N–H and O–H groups in total. The molecule has 0 spiro atoms. The van der Waals surface area contributed by atoms with E-state index < -0.39 is 0 Å². The molecule has 1 fully saturated rings. The lowest BCUT2D eigenvalue weighted by Gasteiger charge is -2.25. The van der Waals surface area contributed by atoms with E-state index in [4.69, 9.17) is 9.47 Å². The average Bonchev–Trinajstić information content (AvgIpc) is 3.26. The molecule has 1 amide bonds. The van der Waals surface area contributed by atoms with Crippen LogP contribution in [0.25, 0.3) is 0 Å². The van der Waals surface area contributed by atoms with Gasteiger partial charge >= 0.3 is 0 Å². The minimum absolute atomic E-state index is 0.0492. The molecule has 1 atom stereocenters. The number of hydrogen-bond donors (Lipinski definition) is 1. The van der Waals surface area contributed by atoms with Crippen molar-refractivity contribution in [1.29, 1.82) is 0 Å². The van der Waals surface area contributed by atoms with Gasteiger partial charge in [-0.15, -0.1) is 23.5 Å². The fourth-order valence-corrected chi connectivity index (χ4v) is 6.31. The van der Waals surface area contributed by atoms with Crippen molar-refractivity contribution in [2.24, 2.45) is 5.92 Å². The number of carbonyl (C=O) groups is 1. The second-order valence-electron chi connectivity index (χ2n) is 7.29. The van der Waals surface area contributed by atoms with Crippen molar-refractivity contribution in [2.75, 3.05) is 24.7 Å². The third kappa shape index (κ3) is 4.28.